The summed E-state index contributed by atoms with van der Waals surface area (Å²) in [5, 5.41) is 3.44. The molecule has 0 aliphatic carbocycles. The summed E-state index contributed by atoms with van der Waals surface area (Å²) in [5.74, 6) is 0.854. The molecule has 0 unspecified atom stereocenters. The highest BCUT2D eigenvalue weighted by atomic mass is 32.2. The zero-order valence-electron chi connectivity index (χ0n) is 12.5. The SMILES string of the molecule is COc1ccc(C)cc1S(=O)(=O)N1C[C@@H]2CCCN[C@@H]2C1. The third-order valence-electron chi connectivity index (χ3n) is 4.50. The van der Waals surface area contributed by atoms with Crippen LogP contribution in [0.1, 0.15) is 18.4 Å². The molecule has 0 saturated carbocycles. The van der Waals surface area contributed by atoms with E-state index in [-0.39, 0.29) is 4.90 Å². The Kier molecular flexibility index (Phi) is 3.94. The minimum absolute atomic E-state index is 0.281. The van der Waals surface area contributed by atoms with E-state index in [2.05, 4.69) is 5.32 Å². The topological polar surface area (TPSA) is 58.6 Å². The molecule has 1 N–H and O–H groups in total. The molecule has 3 rings (SSSR count). The second kappa shape index (κ2) is 5.59. The number of aryl methyl sites for hydroxylation is 1. The van der Waals surface area contributed by atoms with Gasteiger partial charge in [0.25, 0.3) is 0 Å². The Morgan fingerprint density at radius 1 is 1.33 bits per heavy atom. The Morgan fingerprint density at radius 3 is 2.86 bits per heavy atom. The van der Waals surface area contributed by atoms with Crippen LogP contribution in [-0.2, 0) is 10.0 Å². The van der Waals surface area contributed by atoms with E-state index < -0.39 is 10.0 Å². The zero-order chi connectivity index (χ0) is 15.0. The fourth-order valence-corrected chi connectivity index (χ4v) is 5.09. The molecular weight excluding hydrogens is 288 g/mol. The van der Waals surface area contributed by atoms with Crippen LogP contribution in [0, 0.1) is 12.8 Å². The number of nitrogens with zero attached hydrogens (tertiary/aromatic N) is 1. The first-order chi connectivity index (χ1) is 10.0. The highest BCUT2D eigenvalue weighted by molar-refractivity contribution is 7.89. The summed E-state index contributed by atoms with van der Waals surface area (Å²) in [7, 11) is -1.98. The zero-order valence-corrected chi connectivity index (χ0v) is 13.3. The standard InChI is InChI=1S/C15H22N2O3S/c1-11-5-6-14(20-2)15(8-11)21(18,19)17-9-12-4-3-7-16-13(12)10-17/h5-6,8,12-13,16H,3-4,7,9-10H2,1-2H3/t12-,13+/m0/s1. The lowest BCUT2D eigenvalue weighted by molar-refractivity contribution is 0.339. The molecule has 5 nitrogen and oxygen atoms in total. The van der Waals surface area contributed by atoms with Crippen molar-refractivity contribution < 1.29 is 13.2 Å². The molecule has 0 bridgehead atoms. The number of fused-ring (bicyclic) bond motifs is 1. The van der Waals surface area contributed by atoms with Crippen molar-refractivity contribution in [2.45, 2.75) is 30.7 Å². The number of rotatable bonds is 3. The first-order valence-electron chi connectivity index (χ1n) is 7.40. The lowest BCUT2D eigenvalue weighted by Gasteiger charge is -2.24. The summed E-state index contributed by atoms with van der Waals surface area (Å²) in [6.07, 6.45) is 2.23. The second-order valence-corrected chi connectivity index (χ2v) is 7.85. The highest BCUT2D eigenvalue weighted by Crippen LogP contribution is 2.33. The molecule has 0 aromatic heterocycles. The molecule has 21 heavy (non-hydrogen) atoms. The summed E-state index contributed by atoms with van der Waals surface area (Å²) in [6.45, 7) is 4.05. The predicted octanol–water partition coefficient (Wildman–Crippen LogP) is 1.38. The van der Waals surface area contributed by atoms with Crippen molar-refractivity contribution in [2.75, 3.05) is 26.7 Å². The molecular formula is C15H22N2O3S. The van der Waals surface area contributed by atoms with Gasteiger partial charge in [0, 0.05) is 19.1 Å². The minimum Gasteiger partial charge on any atom is -0.495 e. The number of methoxy groups -OCH3 is 1. The average Bonchev–Trinajstić information content (AvgIpc) is 2.92. The van der Waals surface area contributed by atoms with Crippen molar-refractivity contribution in [3.05, 3.63) is 23.8 Å². The maximum absolute atomic E-state index is 12.9. The van der Waals surface area contributed by atoms with Gasteiger partial charge in [0.05, 0.1) is 7.11 Å². The van der Waals surface area contributed by atoms with Gasteiger partial charge in [-0.05, 0) is 49.9 Å². The first-order valence-corrected chi connectivity index (χ1v) is 8.84. The summed E-state index contributed by atoms with van der Waals surface area (Å²) in [6, 6.07) is 5.58. The summed E-state index contributed by atoms with van der Waals surface area (Å²) < 4.78 is 32.7. The Labute approximate surface area is 126 Å². The van der Waals surface area contributed by atoms with Crippen LogP contribution in [0.25, 0.3) is 0 Å². The van der Waals surface area contributed by atoms with Crippen LogP contribution in [0.5, 0.6) is 5.75 Å². The van der Waals surface area contributed by atoms with Gasteiger partial charge in [-0.15, -0.1) is 0 Å². The van der Waals surface area contributed by atoms with Gasteiger partial charge in [-0.25, -0.2) is 8.42 Å². The third kappa shape index (κ3) is 2.67. The predicted molar refractivity (Wildman–Crippen MR) is 81.0 cm³/mol. The van der Waals surface area contributed by atoms with Gasteiger partial charge in [-0.1, -0.05) is 6.07 Å². The number of ether oxygens (including phenoxy) is 1. The van der Waals surface area contributed by atoms with Gasteiger partial charge in [0.1, 0.15) is 10.6 Å². The Morgan fingerprint density at radius 2 is 2.14 bits per heavy atom. The maximum atomic E-state index is 12.9. The molecule has 0 radical (unpaired) electrons. The fraction of sp³-hybridized carbons (Fsp3) is 0.600. The van der Waals surface area contributed by atoms with Gasteiger partial charge in [-0.3, -0.25) is 0 Å². The van der Waals surface area contributed by atoms with Crippen LogP contribution in [0.2, 0.25) is 0 Å². The number of nitrogens with one attached hydrogen (secondary N) is 1. The van der Waals surface area contributed by atoms with Gasteiger partial charge >= 0.3 is 0 Å². The van der Waals surface area contributed by atoms with Crippen LogP contribution < -0.4 is 10.1 Å². The lowest BCUT2D eigenvalue weighted by Crippen LogP contribution is -2.41. The molecule has 2 aliphatic heterocycles. The van der Waals surface area contributed by atoms with Gasteiger partial charge in [0.15, 0.2) is 0 Å². The van der Waals surface area contributed by atoms with Crippen molar-refractivity contribution in [3.8, 4) is 5.75 Å². The molecule has 1 aromatic rings. The molecule has 2 atom stereocenters. The molecule has 6 heteroatoms. The molecule has 116 valence electrons. The smallest absolute Gasteiger partial charge is 0.246 e. The Bertz CT molecular complexity index is 616. The molecule has 1 aromatic carbocycles. The fourth-order valence-electron chi connectivity index (χ4n) is 3.33. The highest BCUT2D eigenvalue weighted by Gasteiger charge is 2.41. The number of piperidine rings is 1. The van der Waals surface area contributed by atoms with Gasteiger partial charge in [-0.2, -0.15) is 4.31 Å². The van der Waals surface area contributed by atoms with Crippen molar-refractivity contribution in [1.29, 1.82) is 0 Å². The average molecular weight is 310 g/mol. The van der Waals surface area contributed by atoms with E-state index >= 15 is 0 Å². The van der Waals surface area contributed by atoms with Crippen LogP contribution in [0.15, 0.2) is 23.1 Å². The molecule has 2 heterocycles. The summed E-state index contributed by atoms with van der Waals surface area (Å²) in [5.41, 5.74) is 0.920. The van der Waals surface area contributed by atoms with Crippen LogP contribution in [-0.4, -0.2) is 45.5 Å². The van der Waals surface area contributed by atoms with E-state index in [0.29, 0.717) is 30.8 Å². The van der Waals surface area contributed by atoms with Crippen molar-refractivity contribution >= 4 is 10.0 Å². The van der Waals surface area contributed by atoms with Crippen molar-refractivity contribution in [3.63, 3.8) is 0 Å². The number of hydrogen-bond acceptors (Lipinski definition) is 4. The summed E-state index contributed by atoms with van der Waals surface area (Å²) >= 11 is 0. The van der Waals surface area contributed by atoms with Crippen LogP contribution in [0.4, 0.5) is 0 Å². The van der Waals surface area contributed by atoms with Crippen LogP contribution >= 0.6 is 0 Å². The van der Waals surface area contributed by atoms with Gasteiger partial charge in [0.2, 0.25) is 10.0 Å². The molecule has 0 spiro atoms. The molecule has 0 amide bonds. The van der Waals surface area contributed by atoms with E-state index in [1.165, 1.54) is 7.11 Å². The molecule has 2 fully saturated rings. The quantitative estimate of drug-likeness (QED) is 0.916. The van der Waals surface area contributed by atoms with E-state index in [1.54, 1.807) is 16.4 Å². The monoisotopic (exact) mass is 310 g/mol. The van der Waals surface area contributed by atoms with E-state index in [4.69, 9.17) is 4.74 Å². The van der Waals surface area contributed by atoms with Gasteiger partial charge < -0.3 is 10.1 Å². The Hall–Kier alpha value is -1.11. The third-order valence-corrected chi connectivity index (χ3v) is 6.36. The Balaban J connectivity index is 1.92. The normalized spacial score (nSPS) is 26.6. The molecule has 2 saturated heterocycles. The van der Waals surface area contributed by atoms with E-state index in [1.807, 2.05) is 13.0 Å². The first kappa shape index (κ1) is 14.8. The minimum atomic E-state index is -3.49. The van der Waals surface area contributed by atoms with E-state index in [9.17, 15) is 8.42 Å². The number of benzene rings is 1. The van der Waals surface area contributed by atoms with Crippen molar-refractivity contribution in [1.82, 2.24) is 9.62 Å². The molecule has 2 aliphatic rings. The van der Waals surface area contributed by atoms with E-state index in [0.717, 1.165) is 24.9 Å². The maximum Gasteiger partial charge on any atom is 0.246 e. The van der Waals surface area contributed by atoms with Crippen LogP contribution in [0.3, 0.4) is 0 Å². The van der Waals surface area contributed by atoms with Crippen molar-refractivity contribution in [2.24, 2.45) is 5.92 Å². The number of sulfonamides is 1. The second-order valence-electron chi connectivity index (χ2n) is 5.94. The summed E-state index contributed by atoms with van der Waals surface area (Å²) in [4.78, 5) is 0.281. The lowest BCUT2D eigenvalue weighted by atomic mass is 9.94. The largest absolute Gasteiger partial charge is 0.495 e. The number of hydrogen-bond donors (Lipinski definition) is 1.